The molecule has 0 aromatic rings. The molecule has 0 aromatic carbocycles. The lowest BCUT2D eigenvalue weighted by molar-refractivity contribution is 0.214. The van der Waals surface area contributed by atoms with Gasteiger partial charge in [-0.15, -0.1) is 0 Å². The Balaban J connectivity index is 1.96. The molecule has 0 radical (unpaired) electrons. The summed E-state index contributed by atoms with van der Waals surface area (Å²) in [6, 6.07) is 0.820. The number of hydrogen-bond donors (Lipinski definition) is 1. The first-order valence-corrected chi connectivity index (χ1v) is 7.83. The normalized spacial score (nSPS) is 20.3. The molecular weight excluding hydrogens is 208 g/mol. The fraction of sp³-hybridized carbons (Fsp3) is 1.00. The third-order valence-corrected chi connectivity index (χ3v) is 4.01. The summed E-state index contributed by atoms with van der Waals surface area (Å²) in [5.74, 6) is 0. The summed E-state index contributed by atoms with van der Waals surface area (Å²) in [5.41, 5.74) is 0. The predicted octanol–water partition coefficient (Wildman–Crippen LogP) is 3.42. The first-order chi connectivity index (χ1) is 8.38. The van der Waals surface area contributed by atoms with E-state index >= 15 is 0 Å². The first kappa shape index (κ1) is 15.0. The number of likely N-dealkylation sites (N-methyl/N-ethyl adjacent to an activating group) is 1. The van der Waals surface area contributed by atoms with Crippen LogP contribution in [0.5, 0.6) is 0 Å². The van der Waals surface area contributed by atoms with Crippen LogP contribution in [-0.2, 0) is 0 Å². The lowest BCUT2D eigenvalue weighted by Gasteiger charge is -2.26. The van der Waals surface area contributed by atoms with Gasteiger partial charge >= 0.3 is 0 Å². The van der Waals surface area contributed by atoms with E-state index in [1.165, 1.54) is 77.5 Å². The van der Waals surface area contributed by atoms with Crippen molar-refractivity contribution in [3.05, 3.63) is 0 Å². The van der Waals surface area contributed by atoms with Gasteiger partial charge in [0.15, 0.2) is 0 Å². The average Bonchev–Trinajstić information content (AvgIpc) is 2.86. The maximum absolute atomic E-state index is 3.47. The minimum Gasteiger partial charge on any atom is -0.315 e. The molecule has 2 heteroatoms. The van der Waals surface area contributed by atoms with Crippen LogP contribution in [0.4, 0.5) is 0 Å². The van der Waals surface area contributed by atoms with Crippen molar-refractivity contribution in [1.82, 2.24) is 10.2 Å². The summed E-state index contributed by atoms with van der Waals surface area (Å²) in [4.78, 5) is 2.67. The molecule has 102 valence electrons. The van der Waals surface area contributed by atoms with Gasteiger partial charge in [-0.05, 0) is 32.5 Å². The van der Waals surface area contributed by atoms with Gasteiger partial charge in [0.1, 0.15) is 0 Å². The fourth-order valence-electron chi connectivity index (χ4n) is 2.82. The molecule has 1 saturated heterocycles. The molecule has 1 atom stereocenters. The zero-order chi connectivity index (χ0) is 12.3. The van der Waals surface area contributed by atoms with Gasteiger partial charge in [0.25, 0.3) is 0 Å². The second-order valence-corrected chi connectivity index (χ2v) is 5.40. The van der Waals surface area contributed by atoms with Crippen LogP contribution in [0.1, 0.15) is 65.2 Å². The Hall–Kier alpha value is -0.0800. The zero-order valence-electron chi connectivity index (χ0n) is 12.0. The van der Waals surface area contributed by atoms with Gasteiger partial charge in [-0.25, -0.2) is 0 Å². The van der Waals surface area contributed by atoms with Crippen LogP contribution in [0.15, 0.2) is 0 Å². The van der Waals surface area contributed by atoms with Crippen LogP contribution in [0.25, 0.3) is 0 Å². The highest BCUT2D eigenvalue weighted by atomic mass is 15.2. The van der Waals surface area contributed by atoms with Crippen molar-refractivity contribution in [2.45, 2.75) is 71.3 Å². The SMILES string of the molecule is CCCCCCCCCN(CC)C1CCNC1. The molecule has 1 rings (SSSR count). The number of nitrogens with zero attached hydrogens (tertiary/aromatic N) is 1. The fourth-order valence-corrected chi connectivity index (χ4v) is 2.82. The first-order valence-electron chi connectivity index (χ1n) is 7.83. The van der Waals surface area contributed by atoms with Crippen LogP contribution in [0, 0.1) is 0 Å². The van der Waals surface area contributed by atoms with E-state index in [9.17, 15) is 0 Å². The van der Waals surface area contributed by atoms with Crippen molar-refractivity contribution in [1.29, 1.82) is 0 Å². The van der Waals surface area contributed by atoms with Crippen molar-refractivity contribution in [3.63, 3.8) is 0 Å². The lowest BCUT2D eigenvalue weighted by Crippen LogP contribution is -2.37. The van der Waals surface area contributed by atoms with Crippen LogP contribution < -0.4 is 5.32 Å². The van der Waals surface area contributed by atoms with E-state index in [0.29, 0.717) is 0 Å². The molecule has 1 aliphatic heterocycles. The molecule has 1 heterocycles. The summed E-state index contributed by atoms with van der Waals surface area (Å²) in [6.07, 6.45) is 11.3. The molecular formula is C15H32N2. The molecule has 0 spiro atoms. The van der Waals surface area contributed by atoms with E-state index in [1.54, 1.807) is 0 Å². The van der Waals surface area contributed by atoms with E-state index < -0.39 is 0 Å². The Morgan fingerprint density at radius 3 is 2.29 bits per heavy atom. The van der Waals surface area contributed by atoms with Gasteiger partial charge in [-0.2, -0.15) is 0 Å². The number of nitrogens with one attached hydrogen (secondary N) is 1. The van der Waals surface area contributed by atoms with Gasteiger partial charge < -0.3 is 5.32 Å². The number of rotatable bonds is 10. The van der Waals surface area contributed by atoms with Crippen LogP contribution in [-0.4, -0.2) is 37.1 Å². The van der Waals surface area contributed by atoms with Crippen molar-refractivity contribution in [2.24, 2.45) is 0 Å². The summed E-state index contributed by atoms with van der Waals surface area (Å²) >= 11 is 0. The third-order valence-electron chi connectivity index (χ3n) is 4.01. The summed E-state index contributed by atoms with van der Waals surface area (Å²) in [7, 11) is 0. The summed E-state index contributed by atoms with van der Waals surface area (Å²) < 4.78 is 0. The third kappa shape index (κ3) is 6.42. The zero-order valence-corrected chi connectivity index (χ0v) is 12.0. The van der Waals surface area contributed by atoms with E-state index in [1.807, 2.05) is 0 Å². The van der Waals surface area contributed by atoms with Crippen LogP contribution in [0.2, 0.25) is 0 Å². The van der Waals surface area contributed by atoms with E-state index in [2.05, 4.69) is 24.1 Å². The van der Waals surface area contributed by atoms with Gasteiger partial charge in [-0.1, -0.05) is 52.4 Å². The molecule has 0 aromatic heterocycles. The Labute approximate surface area is 108 Å². The second kappa shape index (κ2) is 9.90. The molecule has 2 nitrogen and oxygen atoms in total. The molecule has 17 heavy (non-hydrogen) atoms. The van der Waals surface area contributed by atoms with Crippen molar-refractivity contribution in [2.75, 3.05) is 26.2 Å². The molecule has 1 N–H and O–H groups in total. The minimum absolute atomic E-state index is 0.820. The highest BCUT2D eigenvalue weighted by Gasteiger charge is 2.19. The summed E-state index contributed by atoms with van der Waals surface area (Å²) in [5, 5.41) is 3.47. The maximum Gasteiger partial charge on any atom is 0.0232 e. The van der Waals surface area contributed by atoms with E-state index in [0.717, 1.165) is 6.04 Å². The largest absolute Gasteiger partial charge is 0.315 e. The molecule has 1 unspecified atom stereocenters. The highest BCUT2D eigenvalue weighted by molar-refractivity contribution is 4.79. The number of unbranched alkanes of at least 4 members (excludes halogenated alkanes) is 6. The monoisotopic (exact) mass is 240 g/mol. The quantitative estimate of drug-likeness (QED) is 0.589. The van der Waals surface area contributed by atoms with Crippen molar-refractivity contribution < 1.29 is 0 Å². The minimum atomic E-state index is 0.820. The molecule has 0 bridgehead atoms. The Kier molecular flexibility index (Phi) is 8.72. The topological polar surface area (TPSA) is 15.3 Å². The number of hydrogen-bond acceptors (Lipinski definition) is 2. The molecule has 0 aliphatic carbocycles. The van der Waals surface area contributed by atoms with Crippen LogP contribution >= 0.6 is 0 Å². The Bertz CT molecular complexity index is 164. The standard InChI is InChI=1S/C15H32N2/c1-3-5-6-7-8-9-10-13-17(4-2)15-11-12-16-14-15/h15-16H,3-14H2,1-2H3. The van der Waals surface area contributed by atoms with Crippen molar-refractivity contribution >= 4 is 0 Å². The van der Waals surface area contributed by atoms with Gasteiger partial charge in [0.2, 0.25) is 0 Å². The predicted molar refractivity (Wildman–Crippen MR) is 76.5 cm³/mol. The van der Waals surface area contributed by atoms with Crippen molar-refractivity contribution in [3.8, 4) is 0 Å². The Morgan fingerprint density at radius 2 is 1.71 bits per heavy atom. The smallest absolute Gasteiger partial charge is 0.0232 e. The van der Waals surface area contributed by atoms with Gasteiger partial charge in [0, 0.05) is 12.6 Å². The average molecular weight is 240 g/mol. The molecule has 0 amide bonds. The molecule has 1 aliphatic rings. The Morgan fingerprint density at radius 1 is 1.00 bits per heavy atom. The second-order valence-electron chi connectivity index (χ2n) is 5.40. The lowest BCUT2D eigenvalue weighted by atomic mass is 10.1. The van der Waals surface area contributed by atoms with Gasteiger partial charge in [0.05, 0.1) is 0 Å². The van der Waals surface area contributed by atoms with Gasteiger partial charge in [-0.3, -0.25) is 4.90 Å². The highest BCUT2D eigenvalue weighted by Crippen LogP contribution is 2.11. The maximum atomic E-state index is 3.47. The van der Waals surface area contributed by atoms with E-state index in [-0.39, 0.29) is 0 Å². The summed E-state index contributed by atoms with van der Waals surface area (Å²) in [6.45, 7) is 9.57. The molecule has 0 saturated carbocycles. The van der Waals surface area contributed by atoms with E-state index in [4.69, 9.17) is 0 Å². The molecule has 1 fully saturated rings. The van der Waals surface area contributed by atoms with Crippen LogP contribution in [0.3, 0.4) is 0 Å².